The highest BCUT2D eigenvalue weighted by Gasteiger charge is 2.51. The summed E-state index contributed by atoms with van der Waals surface area (Å²) in [5.41, 5.74) is 16.2. The first-order chi connectivity index (χ1) is 44.8. The molecule has 10 rings (SSSR count). The summed E-state index contributed by atoms with van der Waals surface area (Å²) in [6, 6.07) is 38.3. The predicted octanol–water partition coefficient (Wildman–Crippen LogP) is 12.8. The van der Waals surface area contributed by atoms with Gasteiger partial charge >= 0.3 is 13.1 Å². The normalized spacial score (nSPS) is 11.8. The number of pyridine rings is 6. The van der Waals surface area contributed by atoms with Crippen LogP contribution in [0.25, 0.3) is 0 Å². The molecular formula is C67H75BBrCl3F3N9O10S. The van der Waals surface area contributed by atoms with Crippen LogP contribution in [0, 0.1) is 17.5 Å². The molecule has 1 aliphatic rings. The van der Waals surface area contributed by atoms with Crippen LogP contribution in [-0.2, 0) is 57.9 Å². The Morgan fingerprint density at radius 3 is 1.31 bits per heavy atom. The van der Waals surface area contributed by atoms with Crippen LogP contribution in [0.5, 0.6) is 0 Å². The van der Waals surface area contributed by atoms with Gasteiger partial charge in [0.05, 0.1) is 27.9 Å². The zero-order chi connectivity index (χ0) is 71.6. The number of halogens is 7. The smallest absolute Gasteiger partial charge is 0.478 e. The molecule has 6 aromatic heterocycles. The van der Waals surface area contributed by atoms with E-state index in [2.05, 4.69) is 57.6 Å². The molecule has 28 heteroatoms. The molecule has 0 aliphatic carbocycles. The Bertz CT molecular complexity index is 4010. The van der Waals surface area contributed by atoms with Crippen molar-refractivity contribution in [2.24, 2.45) is 21.1 Å². The summed E-state index contributed by atoms with van der Waals surface area (Å²) in [4.78, 5) is 78.2. The van der Waals surface area contributed by atoms with Gasteiger partial charge < -0.3 is 44.9 Å². The van der Waals surface area contributed by atoms with Gasteiger partial charge in [0, 0.05) is 109 Å². The van der Waals surface area contributed by atoms with Crippen molar-refractivity contribution in [2.45, 2.75) is 84.8 Å². The highest BCUT2D eigenvalue weighted by molar-refractivity contribution is 9.08. The Hall–Kier alpha value is -8.56. The number of hydrogen-bond donors (Lipinski definition) is 4. The van der Waals surface area contributed by atoms with Crippen LogP contribution in [0.15, 0.2) is 197 Å². The lowest BCUT2D eigenvalue weighted by Gasteiger charge is -2.32. The number of aromatic carboxylic acids is 1. The van der Waals surface area contributed by atoms with Gasteiger partial charge in [0.1, 0.15) is 34.9 Å². The highest BCUT2D eigenvalue weighted by atomic mass is 79.9. The van der Waals surface area contributed by atoms with E-state index in [0.717, 1.165) is 33.3 Å². The molecule has 0 radical (unpaired) electrons. The van der Waals surface area contributed by atoms with Gasteiger partial charge in [-0.25, -0.2) is 37.1 Å². The molecule has 0 bridgehead atoms. The average Bonchev–Trinajstić information content (AvgIpc) is 1.71. The van der Waals surface area contributed by atoms with Crippen LogP contribution in [0.3, 0.4) is 0 Å². The number of nitrogens with one attached hydrogen (secondary N) is 1. The number of carbonyl (C=O) groups is 3. The monoisotopic (exact) mass is 1450 g/mol. The second kappa shape index (κ2) is 42.0. The second-order valence-electron chi connectivity index (χ2n) is 20.4. The molecule has 1 amide bonds. The van der Waals surface area contributed by atoms with Gasteiger partial charge in [-0.15, -0.1) is 0 Å². The van der Waals surface area contributed by atoms with Crippen molar-refractivity contribution < 1.29 is 46.2 Å². The van der Waals surface area contributed by atoms with Gasteiger partial charge in [-0.1, -0.05) is 98.2 Å². The van der Waals surface area contributed by atoms with Crippen LogP contribution in [0.2, 0.25) is 0 Å². The molecular weight excluding hydrogens is 1380 g/mol. The third kappa shape index (κ3) is 30.6. The van der Waals surface area contributed by atoms with E-state index < -0.39 is 20.4 Å². The topological polar surface area (TPSA) is 276 Å². The summed E-state index contributed by atoms with van der Waals surface area (Å²) in [5.74, 6) is -0.629. The summed E-state index contributed by atoms with van der Waals surface area (Å²) in [7, 11) is 11.6. The number of benzene rings is 3. The Labute approximate surface area is 575 Å². The number of aryl methyl sites for hydroxylation is 3. The Balaban J connectivity index is 0.000000391. The van der Waals surface area contributed by atoms with Crippen LogP contribution in [0.1, 0.15) is 114 Å². The maximum Gasteiger partial charge on any atom is 0.496 e. The lowest BCUT2D eigenvalue weighted by Crippen LogP contribution is -2.41. The Kier molecular flexibility index (Phi) is 36.5. The predicted molar refractivity (Wildman–Crippen MR) is 377 cm³/mol. The maximum absolute atomic E-state index is 13.2. The number of nitrogens with zero attached hydrogens (tertiary/aromatic N) is 6. The number of alkyl halides is 1. The first kappa shape index (κ1) is 82.5. The first-order valence-corrected chi connectivity index (χ1v) is 33.2. The molecule has 1 saturated heterocycles. The van der Waals surface area contributed by atoms with E-state index in [9.17, 15) is 41.9 Å². The Morgan fingerprint density at radius 1 is 0.568 bits per heavy atom. The number of anilines is 3. The highest BCUT2D eigenvalue weighted by Crippen LogP contribution is 2.36. The summed E-state index contributed by atoms with van der Waals surface area (Å²) < 4.78 is 63.2. The number of hydrogen-bond acceptors (Lipinski definition) is 14. The molecule has 1 aliphatic heterocycles. The quantitative estimate of drug-likeness (QED) is 0.0563. The molecule has 0 spiro atoms. The molecule has 0 saturated carbocycles. The van der Waals surface area contributed by atoms with Crippen molar-refractivity contribution in [2.75, 3.05) is 16.8 Å². The minimum absolute atomic E-state index is 0.118. The van der Waals surface area contributed by atoms with E-state index in [-0.39, 0.29) is 63.9 Å². The summed E-state index contributed by atoms with van der Waals surface area (Å²) in [5, 5.41) is 11.3. The molecule has 9 aromatic rings. The number of carboxylic acid groups (broad SMARTS) is 1. The fraction of sp³-hybridized carbons (Fsp3) is 0.239. The molecule has 1 fully saturated rings. The van der Waals surface area contributed by atoms with Crippen molar-refractivity contribution in [3.8, 4) is 0 Å². The van der Waals surface area contributed by atoms with E-state index in [1.807, 2.05) is 91.8 Å². The van der Waals surface area contributed by atoms with Gasteiger partial charge in [0.15, 0.2) is 0 Å². The van der Waals surface area contributed by atoms with Gasteiger partial charge in [-0.2, -0.15) is 0 Å². The summed E-state index contributed by atoms with van der Waals surface area (Å²) in [6.45, 7) is 16.1. The fourth-order valence-corrected chi connectivity index (χ4v) is 7.87. The van der Waals surface area contributed by atoms with Crippen molar-refractivity contribution in [1.82, 2.24) is 28.7 Å². The molecule has 7 heterocycles. The van der Waals surface area contributed by atoms with Crippen molar-refractivity contribution in [3.63, 3.8) is 0 Å². The molecule has 6 N–H and O–H groups in total. The second-order valence-corrected chi connectivity index (χ2v) is 23.9. The van der Waals surface area contributed by atoms with Crippen LogP contribution in [0.4, 0.5) is 30.6 Å². The maximum atomic E-state index is 13.2. The number of nitrogen functional groups attached to an aromatic ring is 2. The lowest BCUT2D eigenvalue weighted by atomic mass is 9.80. The zero-order valence-electron chi connectivity index (χ0n) is 54.0. The SMILES string of the molecule is CC.CC.CC1(C)OB(c2ccc(N)nc2)OC1(C)C.Cn1cc(C(=O)Cl)ccc1=O.Cn1cc(C(=O)Nc2ccc(Cc3cccc(F)c3)cn2)ccc1=O.Cn1cc(C(=O)O)ccc1=O.Fc1cccc(CBr)c1.Nc1ccc(Cc2cccc(F)c2)cn1.O=S(Cl)Cl. The number of amides is 1. The molecule has 19 nitrogen and oxygen atoms in total. The largest absolute Gasteiger partial charge is 0.496 e. The molecule has 3 aromatic carbocycles. The van der Waals surface area contributed by atoms with Crippen molar-refractivity contribution in [1.29, 1.82) is 0 Å². The number of carbonyl (C=O) groups excluding carboxylic acids is 2. The van der Waals surface area contributed by atoms with Crippen molar-refractivity contribution in [3.05, 3.63) is 276 Å². The van der Waals surface area contributed by atoms with Crippen LogP contribution < -0.4 is 38.9 Å². The minimum Gasteiger partial charge on any atom is -0.478 e. The molecule has 0 atom stereocenters. The van der Waals surface area contributed by atoms with Crippen LogP contribution in [-0.4, -0.2) is 73.4 Å². The first-order valence-electron chi connectivity index (χ1n) is 28.9. The molecule has 506 valence electrons. The molecule has 0 unspecified atom stereocenters. The lowest BCUT2D eigenvalue weighted by molar-refractivity contribution is 0.00578. The Morgan fingerprint density at radius 2 is 0.947 bits per heavy atom. The van der Waals surface area contributed by atoms with E-state index in [1.165, 1.54) is 112 Å². The molecule has 95 heavy (non-hydrogen) atoms. The summed E-state index contributed by atoms with van der Waals surface area (Å²) >= 11 is 8.40. The van der Waals surface area contributed by atoms with Crippen molar-refractivity contribution >= 4 is 105 Å². The standard InChI is InChI=1S/C19H16FN3O2.C12H11FN2.C11H17BN2O2.C7H6BrF.C7H6ClNO2.C7H7NO3.2C2H6.Cl2OS/c1-23-12-15(6-8-18(23)24)19(25)22-17-7-5-14(11-21-17)9-13-3-2-4-16(20)10-13;13-11-3-1-2-9(7-11)6-10-4-5-12(14)15-8-10;1-10(2)11(3,4)16-12(15-10)8-5-6-9(13)14-7-8;8-5-6-2-1-3-7(9)4-6;1-9-4-5(7(8)11)2-3-6(9)10;1-8-4-5(7(10)11)2-3-6(8)9;2*1-2;1-4(2)3/h2-8,10-12H,9H2,1H3,(H,21,22,25);1-5,7-8H,6H2,(H2,14,15);5-7H,1-4H3,(H2,13,14);1-4H,5H2;2-4H,1H3;2-4H,1H3,(H,10,11);2*1-2H3;. The van der Waals surface area contributed by atoms with Gasteiger partial charge in [-0.3, -0.25) is 24.0 Å². The third-order valence-electron chi connectivity index (χ3n) is 12.9. The van der Waals surface area contributed by atoms with Crippen LogP contribution >= 0.6 is 48.9 Å². The third-order valence-corrected chi connectivity index (χ3v) is 13.7. The average molecular weight is 1450 g/mol. The van der Waals surface area contributed by atoms with Gasteiger partial charge in [-0.05, 0) is 153 Å². The number of carboxylic acids is 1. The van der Waals surface area contributed by atoms with E-state index in [1.54, 1.807) is 69.1 Å². The summed E-state index contributed by atoms with van der Waals surface area (Å²) in [6.07, 6.45) is 10.4. The van der Waals surface area contributed by atoms with E-state index in [0.29, 0.717) is 46.8 Å². The van der Waals surface area contributed by atoms with E-state index in [4.69, 9.17) is 41.7 Å². The number of rotatable bonds is 10. The number of nitrogens with two attached hydrogens (primary N) is 2. The minimum atomic E-state index is -1.67. The fourth-order valence-electron chi connectivity index (χ4n) is 7.41. The number of aromatic nitrogens is 6. The van der Waals surface area contributed by atoms with Gasteiger partial charge in [0.25, 0.3) is 11.1 Å². The van der Waals surface area contributed by atoms with E-state index >= 15 is 0 Å². The van der Waals surface area contributed by atoms with Gasteiger partial charge in [0.2, 0.25) is 25.9 Å². The zero-order valence-corrected chi connectivity index (χ0v) is 58.7.